The third-order valence-electron chi connectivity index (χ3n) is 6.91. The van der Waals surface area contributed by atoms with E-state index in [2.05, 4.69) is 67.7 Å². The molecule has 1 aliphatic rings. The number of ether oxygens (including phenoxy) is 1. The first-order valence-corrected chi connectivity index (χ1v) is 15.9. The molecule has 0 radical (unpaired) electrons. The summed E-state index contributed by atoms with van der Waals surface area (Å²) in [5.41, 5.74) is -1.73. The molecule has 0 heterocycles. The lowest BCUT2D eigenvalue weighted by molar-refractivity contribution is -0.186. The van der Waals surface area contributed by atoms with Crippen molar-refractivity contribution in [3.05, 3.63) is 0 Å². The molecule has 0 saturated heterocycles. The van der Waals surface area contributed by atoms with Gasteiger partial charge in [0.25, 0.3) is 0 Å². The Morgan fingerprint density at radius 2 is 1.21 bits per heavy atom. The van der Waals surface area contributed by atoms with Crippen LogP contribution in [0, 0.1) is 0 Å². The molecule has 0 aromatic rings. The molecule has 6 nitrogen and oxygen atoms in total. The number of esters is 1. The molecule has 1 aliphatic carbocycles. The van der Waals surface area contributed by atoms with Crippen molar-refractivity contribution >= 4 is 22.6 Å². The van der Waals surface area contributed by atoms with Crippen molar-refractivity contribution in [2.24, 2.45) is 0 Å². The maximum Gasteiger partial charge on any atom is 0.338 e. The number of carbonyl (C=O) groups is 1. The van der Waals surface area contributed by atoms with Crippen LogP contribution in [0.3, 0.4) is 0 Å². The number of hydrogen-bond acceptors (Lipinski definition) is 6. The standard InChI is InChI=1S/C20H42O6Si2/c1-18(2,3)27(8,9)25-14-12-20(23,17(22)24-7)13-15(16(14)21)26-28(10,11)19(4,5)6/h14-16,21,23H,12-13H2,1-11H3/t14-,15-,16?,20?/m0/s1. The molecule has 0 aliphatic heterocycles. The number of aliphatic hydroxyl groups excluding tert-OH is 1. The van der Waals surface area contributed by atoms with E-state index in [1.165, 1.54) is 7.11 Å². The molecule has 8 heteroatoms. The van der Waals surface area contributed by atoms with Crippen molar-refractivity contribution in [3.8, 4) is 0 Å². The van der Waals surface area contributed by atoms with E-state index in [4.69, 9.17) is 13.6 Å². The minimum Gasteiger partial charge on any atom is -0.467 e. The normalized spacial score (nSPS) is 30.2. The van der Waals surface area contributed by atoms with Gasteiger partial charge in [-0.1, -0.05) is 41.5 Å². The fourth-order valence-electron chi connectivity index (χ4n) is 2.92. The molecule has 1 saturated carbocycles. The summed E-state index contributed by atoms with van der Waals surface area (Å²) in [4.78, 5) is 12.4. The van der Waals surface area contributed by atoms with Crippen molar-refractivity contribution < 1.29 is 28.6 Å². The van der Waals surface area contributed by atoms with Crippen LogP contribution in [0.1, 0.15) is 54.4 Å². The Labute approximate surface area is 173 Å². The summed E-state index contributed by atoms with van der Waals surface area (Å²) in [6, 6.07) is 0. The average molecular weight is 435 g/mol. The number of carbonyl (C=O) groups excluding carboxylic acids is 1. The first-order chi connectivity index (χ1) is 12.3. The Balaban J connectivity index is 3.25. The van der Waals surface area contributed by atoms with E-state index < -0.39 is 46.5 Å². The number of aliphatic hydroxyl groups is 2. The summed E-state index contributed by atoms with van der Waals surface area (Å²) in [6.45, 7) is 21.1. The summed E-state index contributed by atoms with van der Waals surface area (Å²) in [5, 5.41) is 22.1. The van der Waals surface area contributed by atoms with Gasteiger partial charge >= 0.3 is 5.97 Å². The van der Waals surface area contributed by atoms with Crippen molar-refractivity contribution in [2.45, 2.75) is 115 Å². The Morgan fingerprint density at radius 3 is 1.46 bits per heavy atom. The van der Waals surface area contributed by atoms with Crippen LogP contribution in [0.2, 0.25) is 36.3 Å². The maximum absolute atomic E-state index is 12.4. The van der Waals surface area contributed by atoms with Crippen LogP contribution >= 0.6 is 0 Å². The van der Waals surface area contributed by atoms with Crippen molar-refractivity contribution in [1.29, 1.82) is 0 Å². The largest absolute Gasteiger partial charge is 0.467 e. The summed E-state index contributed by atoms with van der Waals surface area (Å²) >= 11 is 0. The van der Waals surface area contributed by atoms with Crippen LogP contribution in [-0.2, 0) is 18.4 Å². The molecule has 0 aromatic carbocycles. The second-order valence-corrected chi connectivity index (χ2v) is 20.8. The van der Waals surface area contributed by atoms with E-state index in [1.54, 1.807) is 0 Å². The van der Waals surface area contributed by atoms with Crippen molar-refractivity contribution in [2.75, 3.05) is 7.11 Å². The second-order valence-electron chi connectivity index (χ2n) is 11.3. The average Bonchev–Trinajstić information content (AvgIpc) is 2.48. The lowest BCUT2D eigenvalue weighted by atomic mass is 9.80. The van der Waals surface area contributed by atoms with E-state index in [9.17, 15) is 15.0 Å². The highest BCUT2D eigenvalue weighted by atomic mass is 28.4. The molecular formula is C20H42O6Si2. The van der Waals surface area contributed by atoms with E-state index in [-0.39, 0.29) is 22.9 Å². The van der Waals surface area contributed by atoms with Gasteiger partial charge in [0.1, 0.15) is 6.10 Å². The highest BCUT2D eigenvalue weighted by Gasteiger charge is 2.55. The molecule has 2 atom stereocenters. The predicted octanol–water partition coefficient (Wildman–Crippen LogP) is 3.83. The van der Waals surface area contributed by atoms with Gasteiger partial charge in [0.2, 0.25) is 0 Å². The van der Waals surface area contributed by atoms with Gasteiger partial charge in [0.15, 0.2) is 22.2 Å². The number of hydrogen-bond donors (Lipinski definition) is 2. The fourth-order valence-corrected chi connectivity index (χ4v) is 5.59. The zero-order valence-electron chi connectivity index (χ0n) is 19.7. The monoisotopic (exact) mass is 434 g/mol. The van der Waals surface area contributed by atoms with Gasteiger partial charge in [-0.2, -0.15) is 0 Å². The fraction of sp³-hybridized carbons (Fsp3) is 0.950. The highest BCUT2D eigenvalue weighted by molar-refractivity contribution is 6.74. The third-order valence-corrected chi connectivity index (χ3v) is 15.9. The Hall–Kier alpha value is -0.256. The van der Waals surface area contributed by atoms with Crippen LogP contribution in [0.4, 0.5) is 0 Å². The Bertz CT molecular complexity index is 524. The van der Waals surface area contributed by atoms with Gasteiger partial charge in [-0.25, -0.2) is 4.79 Å². The SMILES string of the molecule is COC(=O)C1(O)C[C@H](O[Si](C)(C)C(C)(C)C)C(O)[C@@H](O[Si](C)(C)C(C)(C)C)C1. The number of rotatable bonds is 5. The molecule has 28 heavy (non-hydrogen) atoms. The van der Waals surface area contributed by atoms with E-state index >= 15 is 0 Å². The Morgan fingerprint density at radius 1 is 0.893 bits per heavy atom. The molecule has 0 unspecified atom stereocenters. The van der Waals surface area contributed by atoms with Crippen LogP contribution in [-0.4, -0.2) is 63.8 Å². The van der Waals surface area contributed by atoms with Gasteiger partial charge in [-0.05, 0) is 36.3 Å². The van der Waals surface area contributed by atoms with E-state index in [0.29, 0.717) is 0 Å². The topological polar surface area (TPSA) is 85.2 Å². The maximum atomic E-state index is 12.4. The van der Waals surface area contributed by atoms with Crippen molar-refractivity contribution in [3.63, 3.8) is 0 Å². The van der Waals surface area contributed by atoms with Gasteiger partial charge in [-0.15, -0.1) is 0 Å². The van der Waals surface area contributed by atoms with Crippen LogP contribution in [0.25, 0.3) is 0 Å². The molecule has 0 aromatic heterocycles. The molecule has 1 rings (SSSR count). The summed E-state index contributed by atoms with van der Waals surface area (Å²) < 4.78 is 17.7. The van der Waals surface area contributed by atoms with Crippen LogP contribution in [0.15, 0.2) is 0 Å². The Kier molecular flexibility index (Phi) is 7.47. The lowest BCUT2D eigenvalue weighted by Crippen LogP contribution is -2.62. The third kappa shape index (κ3) is 5.46. The van der Waals surface area contributed by atoms with Gasteiger partial charge in [0, 0.05) is 12.8 Å². The summed E-state index contributed by atoms with van der Waals surface area (Å²) in [7, 11) is -3.21. The zero-order valence-corrected chi connectivity index (χ0v) is 21.7. The summed E-state index contributed by atoms with van der Waals surface area (Å²) in [6.07, 6.45) is -2.27. The molecule has 0 spiro atoms. The van der Waals surface area contributed by atoms with Gasteiger partial charge in [0.05, 0.1) is 19.3 Å². The van der Waals surface area contributed by atoms with Crippen molar-refractivity contribution in [1.82, 2.24) is 0 Å². The molecule has 166 valence electrons. The van der Waals surface area contributed by atoms with E-state index in [0.717, 1.165) is 0 Å². The van der Waals surface area contributed by atoms with E-state index in [1.807, 2.05) is 0 Å². The summed E-state index contributed by atoms with van der Waals surface area (Å²) in [5.74, 6) is -0.702. The van der Waals surface area contributed by atoms with Crippen LogP contribution in [0.5, 0.6) is 0 Å². The first-order valence-electron chi connectivity index (χ1n) is 10.1. The first kappa shape index (κ1) is 25.8. The highest BCUT2D eigenvalue weighted by Crippen LogP contribution is 2.44. The molecule has 1 fully saturated rings. The minimum absolute atomic E-state index is 0.00467. The predicted molar refractivity (Wildman–Crippen MR) is 116 cm³/mol. The molecule has 0 amide bonds. The molecular weight excluding hydrogens is 392 g/mol. The molecule has 0 bridgehead atoms. The number of methoxy groups -OCH3 is 1. The lowest BCUT2D eigenvalue weighted by Gasteiger charge is -2.49. The smallest absolute Gasteiger partial charge is 0.338 e. The van der Waals surface area contributed by atoms with Gasteiger partial charge in [-0.3, -0.25) is 0 Å². The van der Waals surface area contributed by atoms with Gasteiger partial charge < -0.3 is 23.8 Å². The quantitative estimate of drug-likeness (QED) is 0.505. The minimum atomic E-state index is -2.23. The zero-order chi connectivity index (χ0) is 22.3. The second kappa shape index (κ2) is 8.11. The van der Waals surface area contributed by atoms with Crippen LogP contribution < -0.4 is 0 Å². The molecule has 2 N–H and O–H groups in total.